The standard InChI is InChI=1S/C10H12N2O6S/c11-9(14)6-1-3-7(4-2-6)19(17,18)12-5-8(13)10(15)16/h1-4,8,12-13H,5H2,(H2,11,14)(H,15,16). The lowest BCUT2D eigenvalue weighted by Gasteiger charge is -2.09. The summed E-state index contributed by atoms with van der Waals surface area (Å²) in [5.41, 5.74) is 5.15. The van der Waals surface area contributed by atoms with Crippen LogP contribution in [0.15, 0.2) is 29.2 Å². The van der Waals surface area contributed by atoms with Crippen LogP contribution in [0.3, 0.4) is 0 Å². The number of carboxylic acid groups (broad SMARTS) is 1. The second kappa shape index (κ2) is 5.78. The number of aliphatic hydroxyl groups is 1. The molecule has 8 nitrogen and oxygen atoms in total. The molecule has 0 aliphatic carbocycles. The maximum absolute atomic E-state index is 11.7. The summed E-state index contributed by atoms with van der Waals surface area (Å²) in [6, 6.07) is 4.75. The van der Waals surface area contributed by atoms with Crippen molar-refractivity contribution in [1.82, 2.24) is 4.72 Å². The molecule has 0 radical (unpaired) electrons. The Labute approximate surface area is 108 Å². The van der Waals surface area contributed by atoms with Gasteiger partial charge in [-0.2, -0.15) is 0 Å². The van der Waals surface area contributed by atoms with E-state index in [0.717, 1.165) is 12.1 Å². The Bertz CT molecular complexity index is 581. The van der Waals surface area contributed by atoms with E-state index in [-0.39, 0.29) is 10.5 Å². The Kier molecular flexibility index (Phi) is 4.59. The zero-order chi connectivity index (χ0) is 14.6. The number of amides is 1. The number of nitrogens with one attached hydrogen (secondary N) is 1. The number of hydrogen-bond donors (Lipinski definition) is 4. The van der Waals surface area contributed by atoms with Crippen molar-refractivity contribution in [3.05, 3.63) is 29.8 Å². The first kappa shape index (κ1) is 15.1. The van der Waals surface area contributed by atoms with Crippen molar-refractivity contribution in [3.8, 4) is 0 Å². The monoisotopic (exact) mass is 288 g/mol. The second-order valence-corrected chi connectivity index (χ2v) is 5.36. The predicted molar refractivity (Wildman–Crippen MR) is 63.8 cm³/mol. The molecular weight excluding hydrogens is 276 g/mol. The number of sulfonamides is 1. The van der Waals surface area contributed by atoms with Gasteiger partial charge in [0.25, 0.3) is 0 Å². The van der Waals surface area contributed by atoms with E-state index >= 15 is 0 Å². The molecule has 5 N–H and O–H groups in total. The number of carbonyl (C=O) groups is 2. The molecule has 1 aromatic rings. The summed E-state index contributed by atoms with van der Waals surface area (Å²) in [5.74, 6) is -2.23. The molecule has 0 saturated heterocycles. The first-order valence-electron chi connectivity index (χ1n) is 5.04. The third kappa shape index (κ3) is 4.02. The summed E-state index contributed by atoms with van der Waals surface area (Å²) in [7, 11) is -3.96. The van der Waals surface area contributed by atoms with Gasteiger partial charge < -0.3 is 15.9 Å². The summed E-state index contributed by atoms with van der Waals surface area (Å²) in [6.07, 6.45) is -1.83. The lowest BCUT2D eigenvalue weighted by Crippen LogP contribution is -2.36. The fourth-order valence-electron chi connectivity index (χ4n) is 1.16. The van der Waals surface area contributed by atoms with Crippen LogP contribution >= 0.6 is 0 Å². The Morgan fingerprint density at radius 3 is 2.21 bits per heavy atom. The van der Waals surface area contributed by atoms with Gasteiger partial charge in [-0.05, 0) is 24.3 Å². The number of aliphatic carboxylic acids is 1. The minimum atomic E-state index is -3.96. The fourth-order valence-corrected chi connectivity index (χ4v) is 2.20. The summed E-state index contributed by atoms with van der Waals surface area (Å²) < 4.78 is 25.3. The maximum Gasteiger partial charge on any atom is 0.333 e. The normalized spacial score (nSPS) is 12.9. The molecule has 1 unspecified atom stereocenters. The third-order valence-electron chi connectivity index (χ3n) is 2.20. The lowest BCUT2D eigenvalue weighted by atomic mass is 10.2. The molecule has 19 heavy (non-hydrogen) atoms. The van der Waals surface area contributed by atoms with Crippen molar-refractivity contribution >= 4 is 21.9 Å². The summed E-state index contributed by atoms with van der Waals surface area (Å²) in [6.45, 7) is -0.658. The van der Waals surface area contributed by atoms with Crippen LogP contribution in [0, 0.1) is 0 Å². The Morgan fingerprint density at radius 1 is 1.26 bits per heavy atom. The highest BCUT2D eigenvalue weighted by Crippen LogP contribution is 2.10. The smallest absolute Gasteiger partial charge is 0.333 e. The number of benzene rings is 1. The SMILES string of the molecule is NC(=O)c1ccc(S(=O)(=O)NCC(O)C(=O)O)cc1. The van der Waals surface area contributed by atoms with Crippen LogP contribution in [-0.2, 0) is 14.8 Å². The van der Waals surface area contributed by atoms with Gasteiger partial charge in [0.05, 0.1) is 4.90 Å². The highest BCUT2D eigenvalue weighted by Gasteiger charge is 2.19. The van der Waals surface area contributed by atoms with Crippen molar-refractivity contribution in [1.29, 1.82) is 0 Å². The molecule has 0 spiro atoms. The zero-order valence-electron chi connectivity index (χ0n) is 9.61. The molecule has 0 aliphatic heterocycles. The molecule has 104 valence electrons. The van der Waals surface area contributed by atoms with Crippen LogP contribution in [-0.4, -0.2) is 43.2 Å². The number of aliphatic hydroxyl groups excluding tert-OH is 1. The number of carbonyl (C=O) groups excluding carboxylic acids is 1. The van der Waals surface area contributed by atoms with Gasteiger partial charge in [-0.3, -0.25) is 4.79 Å². The van der Waals surface area contributed by atoms with Crippen LogP contribution in [0.2, 0.25) is 0 Å². The molecule has 0 aliphatic rings. The number of nitrogens with two attached hydrogens (primary N) is 1. The van der Waals surface area contributed by atoms with Gasteiger partial charge in [0, 0.05) is 12.1 Å². The van der Waals surface area contributed by atoms with Crippen LogP contribution in [0.5, 0.6) is 0 Å². The minimum absolute atomic E-state index is 0.143. The maximum atomic E-state index is 11.7. The van der Waals surface area contributed by atoms with Crippen LogP contribution in [0.1, 0.15) is 10.4 Å². The van der Waals surface area contributed by atoms with Crippen molar-refractivity contribution in [2.24, 2.45) is 5.73 Å². The molecule has 0 bridgehead atoms. The zero-order valence-corrected chi connectivity index (χ0v) is 10.4. The van der Waals surface area contributed by atoms with E-state index in [2.05, 4.69) is 0 Å². The third-order valence-corrected chi connectivity index (χ3v) is 3.64. The Morgan fingerprint density at radius 2 is 1.79 bits per heavy atom. The second-order valence-electron chi connectivity index (χ2n) is 3.59. The number of carboxylic acids is 1. The summed E-state index contributed by atoms with van der Waals surface area (Å²) in [5, 5.41) is 17.4. The molecule has 0 heterocycles. The molecule has 9 heteroatoms. The van der Waals surface area contributed by atoms with E-state index in [1.165, 1.54) is 12.1 Å². The molecule has 1 atom stereocenters. The average molecular weight is 288 g/mol. The largest absolute Gasteiger partial charge is 0.479 e. The molecule has 0 saturated carbocycles. The molecule has 0 fully saturated rings. The highest BCUT2D eigenvalue weighted by molar-refractivity contribution is 7.89. The van der Waals surface area contributed by atoms with E-state index in [1.54, 1.807) is 0 Å². The van der Waals surface area contributed by atoms with Gasteiger partial charge >= 0.3 is 5.97 Å². The Balaban J connectivity index is 2.83. The highest BCUT2D eigenvalue weighted by atomic mass is 32.2. The summed E-state index contributed by atoms with van der Waals surface area (Å²) in [4.78, 5) is 21.0. The van der Waals surface area contributed by atoms with Gasteiger partial charge in [-0.15, -0.1) is 0 Å². The quantitative estimate of drug-likeness (QED) is 0.501. The Hall–Kier alpha value is -1.97. The van der Waals surface area contributed by atoms with Gasteiger partial charge in [0.15, 0.2) is 6.10 Å². The van der Waals surface area contributed by atoms with Gasteiger partial charge in [0.1, 0.15) is 0 Å². The average Bonchev–Trinajstić information content (AvgIpc) is 2.36. The molecule has 1 aromatic carbocycles. The lowest BCUT2D eigenvalue weighted by molar-refractivity contribution is -0.146. The number of rotatable bonds is 6. The van der Waals surface area contributed by atoms with Crippen molar-refractivity contribution in [2.75, 3.05) is 6.54 Å². The van der Waals surface area contributed by atoms with E-state index < -0.39 is 34.5 Å². The predicted octanol–water partition coefficient (Wildman–Crippen LogP) is -1.49. The minimum Gasteiger partial charge on any atom is -0.479 e. The van der Waals surface area contributed by atoms with E-state index in [1.807, 2.05) is 4.72 Å². The van der Waals surface area contributed by atoms with Crippen LogP contribution in [0.4, 0.5) is 0 Å². The first-order chi connectivity index (χ1) is 8.74. The van der Waals surface area contributed by atoms with Gasteiger partial charge in [-0.25, -0.2) is 17.9 Å². The van der Waals surface area contributed by atoms with Crippen LogP contribution < -0.4 is 10.5 Å². The summed E-state index contributed by atoms with van der Waals surface area (Å²) >= 11 is 0. The molecule has 0 aromatic heterocycles. The number of primary amides is 1. The van der Waals surface area contributed by atoms with Crippen molar-refractivity contribution < 1.29 is 28.2 Å². The topological polar surface area (TPSA) is 147 Å². The van der Waals surface area contributed by atoms with E-state index in [0.29, 0.717) is 0 Å². The van der Waals surface area contributed by atoms with Crippen molar-refractivity contribution in [2.45, 2.75) is 11.0 Å². The molecular formula is C10H12N2O6S. The number of hydrogen-bond acceptors (Lipinski definition) is 5. The first-order valence-corrected chi connectivity index (χ1v) is 6.53. The van der Waals surface area contributed by atoms with E-state index in [9.17, 15) is 18.0 Å². The molecule has 1 amide bonds. The fraction of sp³-hybridized carbons (Fsp3) is 0.200. The molecule has 1 rings (SSSR count). The van der Waals surface area contributed by atoms with Gasteiger partial charge in [0.2, 0.25) is 15.9 Å². The van der Waals surface area contributed by atoms with Crippen LogP contribution in [0.25, 0.3) is 0 Å². The van der Waals surface area contributed by atoms with Gasteiger partial charge in [-0.1, -0.05) is 0 Å². The van der Waals surface area contributed by atoms with Crippen molar-refractivity contribution in [3.63, 3.8) is 0 Å². The van der Waals surface area contributed by atoms with E-state index in [4.69, 9.17) is 15.9 Å².